The Hall–Kier alpha value is -3.57. The van der Waals surface area contributed by atoms with Gasteiger partial charge in [0.2, 0.25) is 0 Å². The number of benzene rings is 3. The molecule has 1 aromatic heterocycles. The van der Waals surface area contributed by atoms with Crippen molar-refractivity contribution in [1.29, 1.82) is 0 Å². The van der Waals surface area contributed by atoms with Crippen molar-refractivity contribution in [2.75, 3.05) is 0 Å². The van der Waals surface area contributed by atoms with E-state index in [9.17, 15) is 9.59 Å². The third kappa shape index (κ3) is 4.53. The average molecular weight is 413 g/mol. The average Bonchev–Trinajstić information content (AvgIpc) is 3.27. The van der Waals surface area contributed by atoms with Crippen LogP contribution in [0.4, 0.5) is 0 Å². The lowest BCUT2D eigenvalue weighted by molar-refractivity contribution is 0.0468. The number of hydrogen-bond donors (Lipinski definition) is 0. The fraction of sp³-hybridized carbons (Fsp3) is 0.0800. The summed E-state index contributed by atoms with van der Waals surface area (Å²) < 4.78 is 5.39. The van der Waals surface area contributed by atoms with Crippen LogP contribution in [0.3, 0.4) is 0 Å². The fourth-order valence-corrected chi connectivity index (χ4v) is 3.75. The van der Waals surface area contributed by atoms with Gasteiger partial charge in [-0.15, -0.1) is 11.3 Å². The second-order valence-corrected chi connectivity index (χ2v) is 7.72. The number of aromatic nitrogens is 1. The molecule has 0 atom stereocenters. The molecule has 0 unspecified atom stereocenters. The first kappa shape index (κ1) is 19.7. The van der Waals surface area contributed by atoms with E-state index in [0.717, 1.165) is 10.6 Å². The summed E-state index contributed by atoms with van der Waals surface area (Å²) in [5, 5.41) is 2.79. The number of hydrogen-bond acceptors (Lipinski definition) is 5. The maximum atomic E-state index is 12.5. The highest BCUT2D eigenvalue weighted by Crippen LogP contribution is 2.24. The van der Waals surface area contributed by atoms with E-state index in [0.29, 0.717) is 22.4 Å². The van der Waals surface area contributed by atoms with E-state index in [4.69, 9.17) is 4.74 Å². The van der Waals surface area contributed by atoms with Crippen molar-refractivity contribution in [1.82, 2.24) is 4.98 Å². The predicted molar refractivity (Wildman–Crippen MR) is 118 cm³/mol. The van der Waals surface area contributed by atoms with E-state index < -0.39 is 5.97 Å². The molecule has 0 aliphatic rings. The van der Waals surface area contributed by atoms with E-state index in [-0.39, 0.29) is 12.4 Å². The molecule has 0 saturated heterocycles. The van der Waals surface area contributed by atoms with E-state index in [2.05, 4.69) is 4.98 Å². The molecule has 148 valence electrons. The van der Waals surface area contributed by atoms with Gasteiger partial charge in [0.05, 0.1) is 11.3 Å². The van der Waals surface area contributed by atoms with Gasteiger partial charge in [-0.25, -0.2) is 9.78 Å². The van der Waals surface area contributed by atoms with E-state index in [1.165, 1.54) is 16.9 Å². The minimum Gasteiger partial charge on any atom is -0.456 e. The number of carbonyl (C=O) groups is 2. The molecular weight excluding hydrogens is 394 g/mol. The molecule has 0 bridgehead atoms. The summed E-state index contributed by atoms with van der Waals surface area (Å²) in [6, 6.07) is 23.7. The van der Waals surface area contributed by atoms with Crippen LogP contribution in [0.2, 0.25) is 0 Å². The summed E-state index contributed by atoms with van der Waals surface area (Å²) in [4.78, 5) is 29.3. The Morgan fingerprint density at radius 2 is 1.47 bits per heavy atom. The summed E-state index contributed by atoms with van der Waals surface area (Å²) >= 11 is 1.52. The predicted octanol–water partition coefficient (Wildman–Crippen LogP) is 5.71. The zero-order valence-corrected chi connectivity index (χ0v) is 17.2. The fourth-order valence-electron chi connectivity index (χ4n) is 2.94. The van der Waals surface area contributed by atoms with Crippen LogP contribution in [0.5, 0.6) is 0 Å². The molecule has 0 N–H and O–H groups in total. The number of ketones is 1. The molecular formula is C25H19NO3S. The highest BCUT2D eigenvalue weighted by Gasteiger charge is 2.13. The lowest BCUT2D eigenvalue weighted by atomic mass is 10.0. The van der Waals surface area contributed by atoms with Gasteiger partial charge in [0.25, 0.3) is 0 Å². The monoisotopic (exact) mass is 413 g/mol. The lowest BCUT2D eigenvalue weighted by Crippen LogP contribution is -2.07. The second-order valence-electron chi connectivity index (χ2n) is 6.86. The first-order chi connectivity index (χ1) is 14.6. The van der Waals surface area contributed by atoms with Crippen molar-refractivity contribution in [3.05, 3.63) is 112 Å². The lowest BCUT2D eigenvalue weighted by Gasteiger charge is -2.05. The van der Waals surface area contributed by atoms with Crippen LogP contribution < -0.4 is 0 Å². The van der Waals surface area contributed by atoms with E-state index in [1.54, 1.807) is 36.4 Å². The van der Waals surface area contributed by atoms with E-state index in [1.807, 2.05) is 54.8 Å². The molecule has 4 aromatic rings. The quantitative estimate of drug-likeness (QED) is 0.300. The number of nitrogens with zero attached hydrogens (tertiary/aromatic N) is 1. The smallest absolute Gasteiger partial charge is 0.338 e. The Kier molecular flexibility index (Phi) is 5.82. The van der Waals surface area contributed by atoms with Crippen LogP contribution in [0.1, 0.15) is 37.5 Å². The highest BCUT2D eigenvalue weighted by atomic mass is 32.1. The molecule has 4 rings (SSSR count). The molecule has 1 heterocycles. The number of ether oxygens (including phenoxy) is 1. The minimum absolute atomic E-state index is 0.0818. The van der Waals surface area contributed by atoms with Gasteiger partial charge in [-0.3, -0.25) is 4.79 Å². The largest absolute Gasteiger partial charge is 0.456 e. The number of aryl methyl sites for hydroxylation is 1. The number of thiazole rings is 1. The number of rotatable bonds is 6. The summed E-state index contributed by atoms with van der Waals surface area (Å²) in [6.07, 6.45) is 0. The standard InChI is InChI=1S/C25H19NO3S/c1-17-7-9-20(10-8-17)24-26-22(16-30-24)15-29-25(28)21-13-11-19(12-14-21)23(27)18-5-3-2-4-6-18/h2-14,16H,15H2,1H3. The van der Waals surface area contributed by atoms with E-state index >= 15 is 0 Å². The summed E-state index contributed by atoms with van der Waals surface area (Å²) in [7, 11) is 0. The van der Waals surface area contributed by atoms with Gasteiger partial charge in [-0.2, -0.15) is 0 Å². The zero-order valence-electron chi connectivity index (χ0n) is 16.4. The van der Waals surface area contributed by atoms with Gasteiger partial charge < -0.3 is 4.74 Å². The molecule has 0 saturated carbocycles. The second kappa shape index (κ2) is 8.84. The Labute approximate surface area is 178 Å². The van der Waals surface area contributed by atoms with Gasteiger partial charge in [-0.1, -0.05) is 72.3 Å². The van der Waals surface area contributed by atoms with Crippen molar-refractivity contribution in [3.8, 4) is 10.6 Å². The first-order valence-corrected chi connectivity index (χ1v) is 10.4. The Morgan fingerprint density at radius 3 is 2.17 bits per heavy atom. The number of esters is 1. The molecule has 30 heavy (non-hydrogen) atoms. The van der Waals surface area contributed by atoms with Crippen LogP contribution >= 0.6 is 11.3 Å². The summed E-state index contributed by atoms with van der Waals surface area (Å²) in [5.41, 5.74) is 4.48. The normalized spacial score (nSPS) is 10.6. The van der Waals surface area contributed by atoms with Crippen LogP contribution in [-0.2, 0) is 11.3 Å². The van der Waals surface area contributed by atoms with Gasteiger partial charge in [0, 0.05) is 22.1 Å². The van der Waals surface area contributed by atoms with Crippen molar-refractivity contribution >= 4 is 23.1 Å². The molecule has 0 fully saturated rings. The third-order valence-corrected chi connectivity index (χ3v) is 5.56. The maximum absolute atomic E-state index is 12.5. The van der Waals surface area contributed by atoms with Gasteiger partial charge in [0.1, 0.15) is 11.6 Å². The molecule has 4 nitrogen and oxygen atoms in total. The zero-order chi connectivity index (χ0) is 20.9. The van der Waals surface area contributed by atoms with Crippen molar-refractivity contribution < 1.29 is 14.3 Å². The topological polar surface area (TPSA) is 56.3 Å². The SMILES string of the molecule is Cc1ccc(-c2nc(COC(=O)c3ccc(C(=O)c4ccccc4)cc3)cs2)cc1. The molecule has 0 radical (unpaired) electrons. The molecule has 5 heteroatoms. The van der Waals surface area contributed by atoms with Crippen molar-refractivity contribution in [2.45, 2.75) is 13.5 Å². The summed E-state index contributed by atoms with van der Waals surface area (Å²) in [6.45, 7) is 2.15. The highest BCUT2D eigenvalue weighted by molar-refractivity contribution is 7.13. The maximum Gasteiger partial charge on any atom is 0.338 e. The van der Waals surface area contributed by atoms with Crippen molar-refractivity contribution in [2.24, 2.45) is 0 Å². The summed E-state index contributed by atoms with van der Waals surface area (Å²) in [5.74, 6) is -0.528. The van der Waals surface area contributed by atoms with Gasteiger partial charge in [-0.05, 0) is 19.1 Å². The Balaban J connectivity index is 1.37. The first-order valence-electron chi connectivity index (χ1n) is 9.48. The van der Waals surface area contributed by atoms with Crippen LogP contribution in [0, 0.1) is 6.92 Å². The van der Waals surface area contributed by atoms with Gasteiger partial charge in [0.15, 0.2) is 5.78 Å². The van der Waals surface area contributed by atoms with Crippen LogP contribution in [0.15, 0.2) is 84.2 Å². The minimum atomic E-state index is -0.446. The molecule has 0 amide bonds. The van der Waals surface area contributed by atoms with Crippen LogP contribution in [-0.4, -0.2) is 16.7 Å². The number of carbonyl (C=O) groups excluding carboxylic acids is 2. The molecule has 0 aliphatic heterocycles. The van der Waals surface area contributed by atoms with Crippen molar-refractivity contribution in [3.63, 3.8) is 0 Å². The van der Waals surface area contributed by atoms with Gasteiger partial charge >= 0.3 is 5.97 Å². The third-order valence-electron chi connectivity index (χ3n) is 4.62. The van der Waals surface area contributed by atoms with Crippen LogP contribution in [0.25, 0.3) is 10.6 Å². The Morgan fingerprint density at radius 1 is 0.833 bits per heavy atom. The Bertz CT molecular complexity index is 1160. The molecule has 3 aromatic carbocycles. The molecule has 0 aliphatic carbocycles. The molecule has 0 spiro atoms.